The van der Waals surface area contributed by atoms with Crippen molar-refractivity contribution >= 4 is 35.0 Å². The molecule has 0 aliphatic heterocycles. The number of hydrogen-bond acceptors (Lipinski definition) is 3. The molecule has 1 saturated carbocycles. The van der Waals surface area contributed by atoms with Crippen molar-refractivity contribution < 1.29 is 9.59 Å². The second-order valence-electron chi connectivity index (χ2n) is 5.84. The second-order valence-corrected chi connectivity index (χ2v) is 6.62. The van der Waals surface area contributed by atoms with E-state index in [0.29, 0.717) is 17.5 Å². The molecule has 1 aromatic carbocycles. The van der Waals surface area contributed by atoms with Crippen LogP contribution in [0.3, 0.4) is 0 Å². The third-order valence-electron chi connectivity index (χ3n) is 4.23. The van der Waals surface area contributed by atoms with Gasteiger partial charge in [0.2, 0.25) is 5.91 Å². The molecule has 2 amide bonds. The van der Waals surface area contributed by atoms with E-state index in [9.17, 15) is 9.59 Å². The fourth-order valence-electron chi connectivity index (χ4n) is 2.84. The summed E-state index contributed by atoms with van der Waals surface area (Å²) in [5.41, 5.74) is 5.96. The minimum atomic E-state index is -0.670. The molecule has 0 saturated heterocycles. The molecule has 2 rings (SSSR count). The maximum absolute atomic E-state index is 12.3. The van der Waals surface area contributed by atoms with Crippen LogP contribution in [-0.2, 0) is 4.79 Å². The predicted octanol–water partition coefficient (Wildman–Crippen LogP) is 2.36. The number of carbonyl (C=O) groups is 2. The zero-order valence-corrected chi connectivity index (χ0v) is 14.5. The van der Waals surface area contributed by atoms with Crippen LogP contribution in [0.1, 0.15) is 36.5 Å². The largest absolute Gasteiger partial charge is 0.351 e. The van der Waals surface area contributed by atoms with Gasteiger partial charge in [0.1, 0.15) is 6.04 Å². The molecule has 1 fully saturated rings. The first-order valence-corrected chi connectivity index (χ1v) is 8.45. The number of halogens is 2. The molecule has 1 aliphatic carbocycles. The minimum Gasteiger partial charge on any atom is -0.351 e. The number of carbonyl (C=O) groups excluding carboxylic acids is 2. The van der Waals surface area contributed by atoms with Gasteiger partial charge in [0, 0.05) is 6.04 Å². The van der Waals surface area contributed by atoms with Gasteiger partial charge in [0.15, 0.2) is 0 Å². The maximum atomic E-state index is 12.3. The van der Waals surface area contributed by atoms with E-state index in [4.69, 9.17) is 28.9 Å². The van der Waals surface area contributed by atoms with E-state index >= 15 is 0 Å². The summed E-state index contributed by atoms with van der Waals surface area (Å²) >= 11 is 11.9. The van der Waals surface area contributed by atoms with E-state index in [1.54, 1.807) is 25.1 Å². The molecule has 3 unspecified atom stereocenters. The van der Waals surface area contributed by atoms with E-state index in [1.807, 2.05) is 0 Å². The van der Waals surface area contributed by atoms with E-state index in [1.165, 1.54) is 0 Å². The van der Waals surface area contributed by atoms with Gasteiger partial charge in [-0.2, -0.15) is 0 Å². The Morgan fingerprint density at radius 1 is 1.35 bits per heavy atom. The lowest BCUT2D eigenvalue weighted by Crippen LogP contribution is -2.49. The molecule has 0 spiro atoms. The van der Waals surface area contributed by atoms with Gasteiger partial charge < -0.3 is 16.4 Å². The highest BCUT2D eigenvalue weighted by atomic mass is 35.5. The molecule has 23 heavy (non-hydrogen) atoms. The molecule has 1 aliphatic rings. The molecular formula is C16H21Cl2N3O2. The number of amides is 2. The first-order valence-electron chi connectivity index (χ1n) is 7.69. The van der Waals surface area contributed by atoms with E-state index in [-0.39, 0.29) is 22.5 Å². The van der Waals surface area contributed by atoms with Crippen molar-refractivity contribution in [2.24, 2.45) is 11.7 Å². The molecule has 0 aromatic heterocycles. The van der Waals surface area contributed by atoms with Crippen molar-refractivity contribution in [3.63, 3.8) is 0 Å². The molecule has 4 N–H and O–H groups in total. The van der Waals surface area contributed by atoms with Crippen molar-refractivity contribution in [2.75, 3.05) is 6.54 Å². The smallest absolute Gasteiger partial charge is 0.253 e. The molecular weight excluding hydrogens is 337 g/mol. The summed E-state index contributed by atoms with van der Waals surface area (Å²) < 4.78 is 0. The van der Waals surface area contributed by atoms with Crippen LogP contribution in [0, 0.1) is 5.92 Å². The zero-order chi connectivity index (χ0) is 17.0. The van der Waals surface area contributed by atoms with Crippen LogP contribution in [0.15, 0.2) is 18.2 Å². The van der Waals surface area contributed by atoms with Crippen LogP contribution in [0.4, 0.5) is 0 Å². The molecule has 0 radical (unpaired) electrons. The summed E-state index contributed by atoms with van der Waals surface area (Å²) in [5.74, 6) is -0.340. The van der Waals surface area contributed by atoms with Crippen LogP contribution in [-0.4, -0.2) is 30.4 Å². The highest BCUT2D eigenvalue weighted by Crippen LogP contribution is 2.26. The average molecular weight is 358 g/mol. The van der Waals surface area contributed by atoms with E-state index in [2.05, 4.69) is 10.6 Å². The van der Waals surface area contributed by atoms with Gasteiger partial charge in [-0.15, -0.1) is 0 Å². The molecule has 0 bridgehead atoms. The lowest BCUT2D eigenvalue weighted by molar-refractivity contribution is -0.123. The van der Waals surface area contributed by atoms with Crippen LogP contribution in [0.2, 0.25) is 10.0 Å². The summed E-state index contributed by atoms with van der Waals surface area (Å²) in [6.07, 6.45) is 3.01. The predicted molar refractivity (Wildman–Crippen MR) is 91.7 cm³/mol. The quantitative estimate of drug-likeness (QED) is 0.756. The molecule has 0 heterocycles. The fraction of sp³-hybridized carbons (Fsp3) is 0.500. The monoisotopic (exact) mass is 357 g/mol. The van der Waals surface area contributed by atoms with Gasteiger partial charge >= 0.3 is 0 Å². The second kappa shape index (κ2) is 7.99. The van der Waals surface area contributed by atoms with Crippen LogP contribution in [0.25, 0.3) is 0 Å². The molecule has 5 nitrogen and oxygen atoms in total. The minimum absolute atomic E-state index is 0.0848. The first kappa shape index (κ1) is 18.0. The summed E-state index contributed by atoms with van der Waals surface area (Å²) in [5, 5.41) is 6.09. The van der Waals surface area contributed by atoms with Crippen molar-refractivity contribution in [3.05, 3.63) is 33.8 Å². The third-order valence-corrected chi connectivity index (χ3v) is 5.05. The number of nitrogens with two attached hydrogens (primary N) is 1. The Kier molecular flexibility index (Phi) is 6.27. The Morgan fingerprint density at radius 2 is 2.09 bits per heavy atom. The molecule has 3 atom stereocenters. The summed E-state index contributed by atoms with van der Waals surface area (Å²) in [4.78, 5) is 24.5. The van der Waals surface area contributed by atoms with Gasteiger partial charge in [0.05, 0.1) is 15.6 Å². The number of rotatable bonds is 5. The Labute approximate surface area is 145 Å². The maximum Gasteiger partial charge on any atom is 0.253 e. The van der Waals surface area contributed by atoms with Crippen molar-refractivity contribution in [1.29, 1.82) is 0 Å². The normalized spacial score (nSPS) is 21.7. The highest BCUT2D eigenvalue weighted by molar-refractivity contribution is 6.43. The van der Waals surface area contributed by atoms with Crippen LogP contribution in [0.5, 0.6) is 0 Å². The van der Waals surface area contributed by atoms with Crippen molar-refractivity contribution in [1.82, 2.24) is 10.6 Å². The van der Waals surface area contributed by atoms with E-state index in [0.717, 1.165) is 19.3 Å². The van der Waals surface area contributed by atoms with E-state index < -0.39 is 11.9 Å². The topological polar surface area (TPSA) is 84.2 Å². The van der Waals surface area contributed by atoms with Gasteiger partial charge in [-0.3, -0.25) is 9.59 Å². The Morgan fingerprint density at radius 3 is 2.78 bits per heavy atom. The molecule has 126 valence electrons. The molecule has 7 heteroatoms. The van der Waals surface area contributed by atoms with Gasteiger partial charge in [-0.25, -0.2) is 0 Å². The van der Waals surface area contributed by atoms with Crippen molar-refractivity contribution in [3.8, 4) is 0 Å². The standard InChI is InChI=1S/C16H21Cl2N3O2/c1-9(15(22)21-13-7-2-4-10(13)8-19)20-16(23)11-5-3-6-12(17)14(11)18/h3,5-6,9-10,13H,2,4,7-8,19H2,1H3,(H,20,23)(H,21,22). The third kappa shape index (κ3) is 4.37. The Bertz CT molecular complexity index is 595. The van der Waals surface area contributed by atoms with Gasteiger partial charge in [-0.05, 0) is 44.4 Å². The Hall–Kier alpha value is -1.30. The highest BCUT2D eigenvalue weighted by Gasteiger charge is 2.29. The summed E-state index contributed by atoms with van der Waals surface area (Å²) in [6.45, 7) is 2.20. The Balaban J connectivity index is 1.95. The van der Waals surface area contributed by atoms with Gasteiger partial charge in [0.25, 0.3) is 5.91 Å². The summed E-state index contributed by atoms with van der Waals surface area (Å²) in [7, 11) is 0. The lowest BCUT2D eigenvalue weighted by atomic mass is 10.0. The zero-order valence-electron chi connectivity index (χ0n) is 12.9. The van der Waals surface area contributed by atoms with Crippen LogP contribution >= 0.6 is 23.2 Å². The lowest BCUT2D eigenvalue weighted by Gasteiger charge is -2.22. The number of nitrogens with one attached hydrogen (secondary N) is 2. The SMILES string of the molecule is CC(NC(=O)c1cccc(Cl)c1Cl)C(=O)NC1CCCC1CN. The van der Waals surface area contributed by atoms with Crippen molar-refractivity contribution in [2.45, 2.75) is 38.3 Å². The average Bonchev–Trinajstić information content (AvgIpc) is 2.96. The van der Waals surface area contributed by atoms with Crippen LogP contribution < -0.4 is 16.4 Å². The molecule has 1 aromatic rings. The number of hydrogen-bond donors (Lipinski definition) is 3. The first-order chi connectivity index (χ1) is 10.9. The fourth-order valence-corrected chi connectivity index (χ4v) is 3.22. The van der Waals surface area contributed by atoms with Gasteiger partial charge in [-0.1, -0.05) is 35.7 Å². The summed E-state index contributed by atoms with van der Waals surface area (Å²) in [6, 6.07) is 4.22. The number of benzene rings is 1.